The number of ether oxygens (including phenoxy) is 1. The highest BCUT2D eigenvalue weighted by molar-refractivity contribution is 7.91. The summed E-state index contributed by atoms with van der Waals surface area (Å²) in [5.74, 6) is -2.48. The zero-order valence-corrected chi connectivity index (χ0v) is 20.7. The van der Waals surface area contributed by atoms with Gasteiger partial charge in [-0.3, -0.25) is 4.79 Å². The highest BCUT2D eigenvalue weighted by Gasteiger charge is 2.34. The molecule has 2 fully saturated rings. The SMILES string of the molecule is Cc1nc(N2CCOCC2)nc(N2CCCC(F)(F)CC2)c1C(=O)Nc1cccc(S(C)(=N)=O)c1. The van der Waals surface area contributed by atoms with E-state index in [9.17, 15) is 17.8 Å². The predicted octanol–water partition coefficient (Wildman–Crippen LogP) is 3.53. The van der Waals surface area contributed by atoms with Crippen LogP contribution in [-0.2, 0) is 14.5 Å². The van der Waals surface area contributed by atoms with Gasteiger partial charge < -0.3 is 19.9 Å². The van der Waals surface area contributed by atoms with E-state index in [4.69, 9.17) is 14.5 Å². The number of hydrogen-bond donors (Lipinski definition) is 2. The lowest BCUT2D eigenvalue weighted by Crippen LogP contribution is -2.38. The van der Waals surface area contributed by atoms with Gasteiger partial charge in [0.1, 0.15) is 11.4 Å². The second kappa shape index (κ2) is 10.0. The van der Waals surface area contributed by atoms with Crippen molar-refractivity contribution in [2.75, 3.05) is 60.8 Å². The number of carbonyl (C=O) groups excluding carboxylic acids is 1. The van der Waals surface area contributed by atoms with Crippen LogP contribution in [0.15, 0.2) is 29.2 Å². The van der Waals surface area contributed by atoms with Crippen molar-refractivity contribution in [1.82, 2.24) is 9.97 Å². The van der Waals surface area contributed by atoms with E-state index in [1.807, 2.05) is 4.90 Å². The number of amides is 1. The van der Waals surface area contributed by atoms with Crippen LogP contribution < -0.4 is 15.1 Å². The van der Waals surface area contributed by atoms with Crippen molar-refractivity contribution in [2.45, 2.75) is 37.0 Å². The van der Waals surface area contributed by atoms with Gasteiger partial charge >= 0.3 is 0 Å². The van der Waals surface area contributed by atoms with Crippen LogP contribution in [0.5, 0.6) is 0 Å². The van der Waals surface area contributed by atoms with Crippen LogP contribution in [0.25, 0.3) is 0 Å². The molecule has 0 radical (unpaired) electrons. The van der Waals surface area contributed by atoms with Crippen LogP contribution in [0.1, 0.15) is 35.3 Å². The van der Waals surface area contributed by atoms with Gasteiger partial charge in [-0.25, -0.2) is 22.8 Å². The van der Waals surface area contributed by atoms with Crippen molar-refractivity contribution < 1.29 is 22.5 Å². The number of carbonyl (C=O) groups is 1. The second-order valence-electron chi connectivity index (χ2n) is 8.93. The van der Waals surface area contributed by atoms with Crippen molar-refractivity contribution in [3.63, 3.8) is 0 Å². The molecular formula is C23H30F2N6O3S. The lowest BCUT2D eigenvalue weighted by Gasteiger charge is -2.30. The number of halogens is 2. The first kappa shape index (κ1) is 25.2. The van der Waals surface area contributed by atoms with Gasteiger partial charge in [0.25, 0.3) is 5.91 Å². The van der Waals surface area contributed by atoms with E-state index in [2.05, 4.69) is 10.3 Å². The third-order valence-corrected chi connectivity index (χ3v) is 7.29. The minimum atomic E-state index is -2.96. The minimum Gasteiger partial charge on any atom is -0.378 e. The van der Waals surface area contributed by atoms with E-state index >= 15 is 0 Å². The molecule has 0 aliphatic carbocycles. The molecule has 0 bridgehead atoms. The van der Waals surface area contributed by atoms with Crippen LogP contribution in [0.3, 0.4) is 0 Å². The van der Waals surface area contributed by atoms with E-state index in [-0.39, 0.29) is 31.4 Å². The number of rotatable bonds is 5. The number of hydrogen-bond acceptors (Lipinski definition) is 8. The summed E-state index contributed by atoms with van der Waals surface area (Å²) in [5, 5.41) is 2.79. The van der Waals surface area contributed by atoms with Crippen molar-refractivity contribution in [3.05, 3.63) is 35.5 Å². The third kappa shape index (κ3) is 6.04. The molecule has 1 amide bonds. The van der Waals surface area contributed by atoms with Gasteiger partial charge in [-0.15, -0.1) is 0 Å². The van der Waals surface area contributed by atoms with Gasteiger partial charge in [0.2, 0.25) is 11.9 Å². The molecule has 1 unspecified atom stereocenters. The second-order valence-corrected chi connectivity index (χ2v) is 11.1. The molecule has 2 N–H and O–H groups in total. The Labute approximate surface area is 203 Å². The monoisotopic (exact) mass is 508 g/mol. The maximum Gasteiger partial charge on any atom is 0.261 e. The first-order valence-electron chi connectivity index (χ1n) is 11.5. The summed E-state index contributed by atoms with van der Waals surface area (Å²) in [6.45, 7) is 4.37. The Morgan fingerprint density at radius 3 is 2.60 bits per heavy atom. The lowest BCUT2D eigenvalue weighted by molar-refractivity contribution is -0.0102. The van der Waals surface area contributed by atoms with Crippen molar-refractivity contribution in [1.29, 1.82) is 4.78 Å². The Bertz CT molecular complexity index is 1200. The molecule has 1 aromatic heterocycles. The van der Waals surface area contributed by atoms with Crippen LogP contribution in [0, 0.1) is 11.7 Å². The number of nitrogens with one attached hydrogen (secondary N) is 2. The van der Waals surface area contributed by atoms with Gasteiger partial charge in [-0.2, -0.15) is 4.98 Å². The molecule has 2 saturated heterocycles. The minimum absolute atomic E-state index is 0.0680. The summed E-state index contributed by atoms with van der Waals surface area (Å²) < 4.78 is 53.5. The first-order chi connectivity index (χ1) is 16.5. The maximum absolute atomic E-state index is 14.1. The molecule has 0 spiro atoms. The summed E-state index contributed by atoms with van der Waals surface area (Å²) in [5.41, 5.74) is 1.01. The molecule has 35 heavy (non-hydrogen) atoms. The molecule has 2 aliphatic rings. The van der Waals surface area contributed by atoms with Crippen molar-refractivity contribution >= 4 is 33.1 Å². The highest BCUT2D eigenvalue weighted by Crippen LogP contribution is 2.32. The number of morpholine rings is 1. The fourth-order valence-corrected chi connectivity index (χ4v) is 4.92. The van der Waals surface area contributed by atoms with Crippen molar-refractivity contribution in [3.8, 4) is 0 Å². The summed E-state index contributed by atoms with van der Waals surface area (Å²) in [4.78, 5) is 26.7. The predicted molar refractivity (Wildman–Crippen MR) is 130 cm³/mol. The molecule has 2 aliphatic heterocycles. The molecule has 4 rings (SSSR count). The molecule has 2 aromatic rings. The number of anilines is 3. The largest absolute Gasteiger partial charge is 0.378 e. The van der Waals surface area contributed by atoms with E-state index in [1.165, 1.54) is 12.3 Å². The van der Waals surface area contributed by atoms with Crippen molar-refractivity contribution in [2.24, 2.45) is 0 Å². The summed E-state index contributed by atoms with van der Waals surface area (Å²) in [6.07, 6.45) is 1.06. The van der Waals surface area contributed by atoms with Gasteiger partial charge in [0.05, 0.1) is 28.6 Å². The number of benzene rings is 1. The molecule has 3 heterocycles. The fraction of sp³-hybridized carbons (Fsp3) is 0.522. The zero-order valence-electron chi connectivity index (χ0n) is 19.9. The molecule has 0 saturated carbocycles. The first-order valence-corrected chi connectivity index (χ1v) is 13.5. The van der Waals surface area contributed by atoms with Gasteiger partial charge in [0.15, 0.2) is 0 Å². The summed E-state index contributed by atoms with van der Waals surface area (Å²) in [7, 11) is -2.96. The van der Waals surface area contributed by atoms with Crippen LogP contribution >= 0.6 is 0 Å². The lowest BCUT2D eigenvalue weighted by atomic mass is 10.1. The third-order valence-electron chi connectivity index (χ3n) is 6.14. The summed E-state index contributed by atoms with van der Waals surface area (Å²) in [6, 6.07) is 6.32. The molecule has 1 atom stereocenters. The summed E-state index contributed by atoms with van der Waals surface area (Å²) >= 11 is 0. The maximum atomic E-state index is 14.1. The number of nitrogens with zero attached hydrogens (tertiary/aromatic N) is 4. The van der Waals surface area contributed by atoms with Crippen LogP contribution in [0.4, 0.5) is 26.2 Å². The Balaban J connectivity index is 1.71. The number of alkyl halides is 2. The molecule has 12 heteroatoms. The smallest absolute Gasteiger partial charge is 0.261 e. The molecule has 190 valence electrons. The fourth-order valence-electron chi connectivity index (χ4n) is 4.23. The quantitative estimate of drug-likeness (QED) is 0.636. The standard InChI is InChI=1S/C23H30F2N6O3S/c1-16-19(21(32)28-17-5-3-6-18(15-17)35(2,26)33)20(30-9-4-7-23(24,25)8-10-30)29-22(27-16)31-11-13-34-14-12-31/h3,5-6,15,26H,4,7-14H2,1-2H3,(H,28,32). The van der Waals surface area contributed by atoms with Gasteiger partial charge in [0, 0.05) is 55.9 Å². The van der Waals surface area contributed by atoms with E-state index < -0.39 is 21.6 Å². The Morgan fingerprint density at radius 2 is 1.89 bits per heavy atom. The molecular weight excluding hydrogens is 478 g/mol. The Hall–Kier alpha value is -2.86. The van der Waals surface area contributed by atoms with Crippen LogP contribution in [-0.4, -0.2) is 71.7 Å². The van der Waals surface area contributed by atoms with Gasteiger partial charge in [-0.05, 0) is 31.5 Å². The zero-order chi connectivity index (χ0) is 25.2. The average molecular weight is 509 g/mol. The number of aryl methyl sites for hydroxylation is 1. The molecule has 1 aromatic carbocycles. The highest BCUT2D eigenvalue weighted by atomic mass is 32.2. The van der Waals surface area contributed by atoms with E-state index in [1.54, 1.807) is 30.0 Å². The van der Waals surface area contributed by atoms with Gasteiger partial charge in [-0.1, -0.05) is 6.07 Å². The topological polar surface area (TPSA) is 112 Å². The average Bonchev–Trinajstić information content (AvgIpc) is 2.99. The van der Waals surface area contributed by atoms with E-state index in [0.717, 1.165) is 0 Å². The Kier molecular flexibility index (Phi) is 7.22. The van der Waals surface area contributed by atoms with Crippen LogP contribution in [0.2, 0.25) is 0 Å². The Morgan fingerprint density at radius 1 is 1.14 bits per heavy atom. The molecule has 9 nitrogen and oxygen atoms in total. The normalized spacial score (nSPS) is 20.1. The van der Waals surface area contributed by atoms with E-state index in [0.29, 0.717) is 60.9 Å². The number of aromatic nitrogens is 2.